The molecule has 0 aromatic rings. The third kappa shape index (κ3) is 6.95. The Morgan fingerprint density at radius 2 is 1.83 bits per heavy atom. The van der Waals surface area contributed by atoms with E-state index in [4.69, 9.17) is 20.9 Å². The summed E-state index contributed by atoms with van der Waals surface area (Å²) in [6.45, 7) is 2.02. The van der Waals surface area contributed by atoms with Crippen LogP contribution in [0.2, 0.25) is 6.32 Å². The first kappa shape index (κ1) is 17.4. The molecule has 18 heavy (non-hydrogen) atoms. The highest BCUT2D eigenvalue weighted by atomic mass is 16.4. The third-order valence-electron chi connectivity index (χ3n) is 3.24. The molecule has 0 aliphatic rings. The van der Waals surface area contributed by atoms with E-state index in [1.54, 1.807) is 0 Å². The maximum absolute atomic E-state index is 10.9. The van der Waals surface area contributed by atoms with Crippen molar-refractivity contribution >= 4 is 13.1 Å². The second-order valence-electron chi connectivity index (χ2n) is 5.14. The van der Waals surface area contributed by atoms with E-state index in [0.29, 0.717) is 25.1 Å². The Labute approximate surface area is 109 Å². The quantitative estimate of drug-likeness (QED) is 0.420. The van der Waals surface area contributed by atoms with Crippen molar-refractivity contribution in [1.82, 2.24) is 4.90 Å². The van der Waals surface area contributed by atoms with Crippen molar-refractivity contribution in [2.45, 2.75) is 44.6 Å². The second kappa shape index (κ2) is 8.47. The summed E-state index contributed by atoms with van der Waals surface area (Å²) in [5, 5.41) is 26.5. The minimum Gasteiger partial charge on any atom is -0.480 e. The fraction of sp³-hybridized carbons (Fsp3) is 0.909. The Bertz CT molecular complexity index is 251. The van der Waals surface area contributed by atoms with Crippen LogP contribution in [0, 0.1) is 5.92 Å². The topological polar surface area (TPSA) is 107 Å². The zero-order valence-corrected chi connectivity index (χ0v) is 11.4. The number of hydrogen-bond acceptors (Lipinski definition) is 5. The van der Waals surface area contributed by atoms with Crippen LogP contribution in [-0.2, 0) is 4.79 Å². The van der Waals surface area contributed by atoms with E-state index in [1.807, 2.05) is 25.9 Å². The molecule has 0 saturated carbocycles. The molecule has 3 atom stereocenters. The summed E-state index contributed by atoms with van der Waals surface area (Å²) < 4.78 is 0. The minimum absolute atomic E-state index is 0.205. The van der Waals surface area contributed by atoms with E-state index in [0.717, 1.165) is 6.42 Å². The predicted molar refractivity (Wildman–Crippen MR) is 71.1 cm³/mol. The van der Waals surface area contributed by atoms with Crippen molar-refractivity contribution in [3.63, 3.8) is 0 Å². The van der Waals surface area contributed by atoms with Gasteiger partial charge in [-0.2, -0.15) is 0 Å². The highest BCUT2D eigenvalue weighted by molar-refractivity contribution is 6.40. The van der Waals surface area contributed by atoms with Gasteiger partial charge in [-0.25, -0.2) is 0 Å². The molecule has 106 valence electrons. The standard InChI is InChI=1S/C11H25BN2O4/c1-8(6-7-12(17)18)4-5-9(14(2)3)10(13)11(15)16/h8-10,17-18H,4-7,13H2,1-3H3,(H,15,16). The molecule has 0 aliphatic carbocycles. The smallest absolute Gasteiger partial charge is 0.451 e. The monoisotopic (exact) mass is 260 g/mol. The van der Waals surface area contributed by atoms with Crippen LogP contribution in [0.5, 0.6) is 0 Å². The molecule has 0 heterocycles. The number of hydrogen-bond donors (Lipinski definition) is 4. The molecule has 0 amide bonds. The SMILES string of the molecule is CC(CCB(O)O)CCC(C(N)C(=O)O)N(C)C. The number of likely N-dealkylation sites (N-methyl/N-ethyl adjacent to an activating group) is 1. The van der Waals surface area contributed by atoms with Gasteiger partial charge in [-0.15, -0.1) is 0 Å². The Balaban J connectivity index is 4.15. The van der Waals surface area contributed by atoms with Crippen molar-refractivity contribution in [3.8, 4) is 0 Å². The lowest BCUT2D eigenvalue weighted by Crippen LogP contribution is -2.49. The number of carbonyl (C=O) groups is 1. The van der Waals surface area contributed by atoms with Crippen LogP contribution in [0.15, 0.2) is 0 Å². The minimum atomic E-state index is -1.27. The summed E-state index contributed by atoms with van der Waals surface area (Å²) in [6.07, 6.45) is 2.55. The van der Waals surface area contributed by atoms with Crippen LogP contribution in [0.4, 0.5) is 0 Å². The molecule has 5 N–H and O–H groups in total. The number of aliphatic carboxylic acids is 1. The van der Waals surface area contributed by atoms with Crippen LogP contribution in [0.3, 0.4) is 0 Å². The van der Waals surface area contributed by atoms with Crippen molar-refractivity contribution in [3.05, 3.63) is 0 Å². The number of carboxylic acids is 1. The van der Waals surface area contributed by atoms with Crippen molar-refractivity contribution in [2.24, 2.45) is 11.7 Å². The van der Waals surface area contributed by atoms with Gasteiger partial charge in [-0.05, 0) is 39.2 Å². The van der Waals surface area contributed by atoms with Gasteiger partial charge in [0.25, 0.3) is 0 Å². The van der Waals surface area contributed by atoms with Crippen molar-refractivity contribution in [2.75, 3.05) is 14.1 Å². The molecule has 0 radical (unpaired) electrons. The van der Waals surface area contributed by atoms with E-state index in [9.17, 15) is 4.79 Å². The molecule has 7 heteroatoms. The molecule has 0 aromatic carbocycles. The van der Waals surface area contributed by atoms with E-state index in [-0.39, 0.29) is 6.04 Å². The molecule has 0 aliphatic heterocycles. The van der Waals surface area contributed by atoms with E-state index < -0.39 is 19.1 Å². The zero-order chi connectivity index (χ0) is 14.3. The third-order valence-corrected chi connectivity index (χ3v) is 3.24. The van der Waals surface area contributed by atoms with Gasteiger partial charge in [0.2, 0.25) is 0 Å². The van der Waals surface area contributed by atoms with Gasteiger partial charge in [0, 0.05) is 6.04 Å². The Kier molecular flexibility index (Phi) is 8.18. The Hall–Kier alpha value is -0.625. The molecular weight excluding hydrogens is 235 g/mol. The summed E-state index contributed by atoms with van der Waals surface area (Å²) in [5.74, 6) is -0.678. The second-order valence-corrected chi connectivity index (χ2v) is 5.14. The number of rotatable bonds is 9. The first-order valence-electron chi connectivity index (χ1n) is 6.26. The van der Waals surface area contributed by atoms with Gasteiger partial charge in [0.15, 0.2) is 0 Å². The molecule has 0 rings (SSSR count). The highest BCUT2D eigenvalue weighted by Gasteiger charge is 2.26. The molecule has 0 fully saturated rings. The van der Waals surface area contributed by atoms with Crippen LogP contribution >= 0.6 is 0 Å². The summed E-state index contributed by atoms with van der Waals surface area (Å²) >= 11 is 0. The molecule has 0 saturated heterocycles. The molecule has 6 nitrogen and oxygen atoms in total. The highest BCUT2D eigenvalue weighted by Crippen LogP contribution is 2.17. The Morgan fingerprint density at radius 3 is 2.22 bits per heavy atom. The van der Waals surface area contributed by atoms with Gasteiger partial charge < -0.3 is 25.8 Å². The number of nitrogens with zero attached hydrogens (tertiary/aromatic N) is 1. The lowest BCUT2D eigenvalue weighted by atomic mass is 9.80. The average Bonchev–Trinajstić information content (AvgIpc) is 2.25. The normalized spacial score (nSPS) is 16.4. The predicted octanol–water partition coefficient (Wildman–Crippen LogP) is -0.392. The maximum atomic E-state index is 10.9. The van der Waals surface area contributed by atoms with Crippen LogP contribution < -0.4 is 5.73 Å². The maximum Gasteiger partial charge on any atom is 0.451 e. The lowest BCUT2D eigenvalue weighted by molar-refractivity contribution is -0.140. The van der Waals surface area contributed by atoms with Gasteiger partial charge in [0.1, 0.15) is 6.04 Å². The fourth-order valence-corrected chi connectivity index (χ4v) is 1.96. The fourth-order valence-electron chi connectivity index (χ4n) is 1.96. The van der Waals surface area contributed by atoms with Crippen LogP contribution in [0.25, 0.3) is 0 Å². The average molecular weight is 260 g/mol. The van der Waals surface area contributed by atoms with Crippen LogP contribution in [-0.4, -0.2) is 59.3 Å². The Morgan fingerprint density at radius 1 is 1.28 bits per heavy atom. The first-order valence-corrected chi connectivity index (χ1v) is 6.26. The molecule has 0 spiro atoms. The summed E-state index contributed by atoms with van der Waals surface area (Å²) in [7, 11) is 2.36. The van der Waals surface area contributed by atoms with Gasteiger partial charge in [0.05, 0.1) is 0 Å². The van der Waals surface area contributed by atoms with E-state index in [2.05, 4.69) is 0 Å². The summed E-state index contributed by atoms with van der Waals surface area (Å²) in [4.78, 5) is 12.7. The number of carboxylic acid groups (broad SMARTS) is 1. The largest absolute Gasteiger partial charge is 0.480 e. The van der Waals surface area contributed by atoms with Gasteiger partial charge in [-0.1, -0.05) is 13.3 Å². The first-order chi connectivity index (χ1) is 8.25. The molecule has 0 bridgehead atoms. The van der Waals surface area contributed by atoms with Gasteiger partial charge in [-0.3, -0.25) is 4.79 Å². The van der Waals surface area contributed by atoms with Crippen LogP contribution in [0.1, 0.15) is 26.2 Å². The van der Waals surface area contributed by atoms with E-state index in [1.165, 1.54) is 0 Å². The van der Waals surface area contributed by atoms with Gasteiger partial charge >= 0.3 is 13.1 Å². The van der Waals surface area contributed by atoms with E-state index >= 15 is 0 Å². The number of nitrogens with two attached hydrogens (primary N) is 1. The van der Waals surface area contributed by atoms with Crippen molar-refractivity contribution in [1.29, 1.82) is 0 Å². The molecule has 3 unspecified atom stereocenters. The zero-order valence-electron chi connectivity index (χ0n) is 11.4. The lowest BCUT2D eigenvalue weighted by Gasteiger charge is -2.28. The summed E-state index contributed by atoms with van der Waals surface area (Å²) in [5.41, 5.74) is 5.65. The van der Waals surface area contributed by atoms with Crippen molar-refractivity contribution < 1.29 is 19.9 Å². The summed E-state index contributed by atoms with van der Waals surface area (Å²) in [6, 6.07) is -1.10. The molecule has 0 aromatic heterocycles. The molecular formula is C11H25BN2O4.